The number of halogens is 4. The Balaban J connectivity index is 2.68. The Kier molecular flexibility index (Phi) is 3.55. The second kappa shape index (κ2) is 4.76. The third-order valence-corrected chi connectivity index (χ3v) is 3.52. The first-order valence-electron chi connectivity index (χ1n) is 4.21. The van der Waals surface area contributed by atoms with Crippen LogP contribution in [-0.4, -0.2) is 9.97 Å². The molecule has 0 atom stereocenters. The lowest BCUT2D eigenvalue weighted by molar-refractivity contribution is 1.31. The van der Waals surface area contributed by atoms with Gasteiger partial charge >= 0.3 is 0 Å². The van der Waals surface area contributed by atoms with E-state index in [2.05, 4.69) is 9.97 Å². The molecule has 0 N–H and O–H groups in total. The summed E-state index contributed by atoms with van der Waals surface area (Å²) in [4.78, 5) is 7.72. The molecule has 0 spiro atoms. The summed E-state index contributed by atoms with van der Waals surface area (Å²) in [5.41, 5.74) is 1.35. The summed E-state index contributed by atoms with van der Waals surface area (Å²) in [5.74, 6) is 0. The predicted octanol–water partition coefficient (Wildman–Crippen LogP) is 4.76. The van der Waals surface area contributed by atoms with Gasteiger partial charge in [0.05, 0.1) is 10.0 Å². The second-order valence-corrected chi connectivity index (χ2v) is 4.40. The van der Waals surface area contributed by atoms with E-state index >= 15 is 0 Å². The maximum absolute atomic E-state index is 6.04. The van der Waals surface area contributed by atoms with Gasteiger partial charge < -0.3 is 0 Å². The van der Waals surface area contributed by atoms with Crippen LogP contribution in [0.15, 0.2) is 24.5 Å². The first-order chi connectivity index (χ1) is 7.61. The molecule has 82 valence electrons. The maximum Gasteiger partial charge on any atom is 0.148 e. The molecule has 0 saturated carbocycles. The zero-order valence-electron chi connectivity index (χ0n) is 7.72. The van der Waals surface area contributed by atoms with Crippen molar-refractivity contribution < 1.29 is 0 Å². The van der Waals surface area contributed by atoms with Crippen molar-refractivity contribution in [2.24, 2.45) is 0 Å². The molecular weight excluding hydrogens is 290 g/mol. The lowest BCUT2D eigenvalue weighted by Gasteiger charge is -2.07. The third kappa shape index (κ3) is 2.11. The lowest BCUT2D eigenvalue weighted by atomic mass is 10.1. The quantitative estimate of drug-likeness (QED) is 0.709. The van der Waals surface area contributed by atoms with Gasteiger partial charge in [0.2, 0.25) is 0 Å². The van der Waals surface area contributed by atoms with Crippen molar-refractivity contribution in [3.05, 3.63) is 44.9 Å². The van der Waals surface area contributed by atoms with Crippen LogP contribution in [-0.2, 0) is 0 Å². The fourth-order valence-electron chi connectivity index (χ4n) is 1.25. The highest BCUT2D eigenvalue weighted by molar-refractivity contribution is 6.45. The molecule has 0 amide bonds. The highest BCUT2D eigenvalue weighted by Gasteiger charge is 2.13. The Bertz CT molecular complexity index is 493. The Morgan fingerprint density at radius 1 is 0.688 bits per heavy atom. The van der Waals surface area contributed by atoms with Gasteiger partial charge in [0.25, 0.3) is 0 Å². The van der Waals surface area contributed by atoms with Crippen molar-refractivity contribution in [1.82, 2.24) is 9.97 Å². The minimum Gasteiger partial charge on any atom is -0.243 e. The van der Waals surface area contributed by atoms with E-state index in [4.69, 9.17) is 46.4 Å². The van der Waals surface area contributed by atoms with Gasteiger partial charge in [-0.3, -0.25) is 0 Å². The van der Waals surface area contributed by atoms with Crippen molar-refractivity contribution in [1.29, 1.82) is 0 Å². The largest absolute Gasteiger partial charge is 0.243 e. The highest BCUT2D eigenvalue weighted by atomic mass is 35.5. The molecule has 0 unspecified atom stereocenters. The molecule has 2 aromatic rings. The van der Waals surface area contributed by atoms with Gasteiger partial charge in [-0.15, -0.1) is 0 Å². The number of rotatable bonds is 1. The monoisotopic (exact) mass is 292 g/mol. The number of pyridine rings is 2. The molecule has 0 fully saturated rings. The van der Waals surface area contributed by atoms with Crippen molar-refractivity contribution in [2.75, 3.05) is 0 Å². The molecule has 0 aliphatic rings. The summed E-state index contributed by atoms with van der Waals surface area (Å²) < 4.78 is 0. The molecule has 2 rings (SSSR count). The van der Waals surface area contributed by atoms with Crippen molar-refractivity contribution >= 4 is 46.4 Å². The molecule has 2 aromatic heterocycles. The van der Waals surface area contributed by atoms with Crippen LogP contribution < -0.4 is 0 Å². The van der Waals surface area contributed by atoms with E-state index in [0.29, 0.717) is 21.2 Å². The summed E-state index contributed by atoms with van der Waals surface area (Å²) in [6.07, 6.45) is 3.10. The average Bonchev–Trinajstić information content (AvgIpc) is 2.27. The SMILES string of the molecule is Clc1nccc(-c2ccnc(Cl)c2Cl)c1Cl. The Morgan fingerprint density at radius 2 is 1.06 bits per heavy atom. The molecule has 0 radical (unpaired) electrons. The van der Waals surface area contributed by atoms with Crippen LogP contribution in [0.2, 0.25) is 20.4 Å². The summed E-state index contributed by atoms with van der Waals surface area (Å²) in [5, 5.41) is 1.13. The van der Waals surface area contributed by atoms with Gasteiger partial charge in [0.15, 0.2) is 0 Å². The van der Waals surface area contributed by atoms with E-state index in [9.17, 15) is 0 Å². The fourth-order valence-corrected chi connectivity index (χ4v) is 2.00. The first-order valence-corrected chi connectivity index (χ1v) is 5.73. The minimum atomic E-state index is 0.225. The highest BCUT2D eigenvalue weighted by Crippen LogP contribution is 2.37. The van der Waals surface area contributed by atoms with Gasteiger partial charge in [-0.05, 0) is 12.1 Å². The minimum absolute atomic E-state index is 0.225. The van der Waals surface area contributed by atoms with E-state index in [1.807, 2.05) is 0 Å². The second-order valence-electron chi connectivity index (χ2n) is 2.93. The van der Waals surface area contributed by atoms with Crippen molar-refractivity contribution in [2.45, 2.75) is 0 Å². The number of hydrogen-bond acceptors (Lipinski definition) is 2. The van der Waals surface area contributed by atoms with E-state index in [-0.39, 0.29) is 10.3 Å². The van der Waals surface area contributed by atoms with Gasteiger partial charge in [-0.1, -0.05) is 46.4 Å². The molecule has 0 bridgehead atoms. The molecule has 0 saturated heterocycles. The van der Waals surface area contributed by atoms with E-state index in [1.165, 1.54) is 0 Å². The molecule has 0 aliphatic carbocycles. The predicted molar refractivity (Wildman–Crippen MR) is 67.5 cm³/mol. The maximum atomic E-state index is 6.04. The molecular formula is C10H4Cl4N2. The zero-order chi connectivity index (χ0) is 11.7. The van der Waals surface area contributed by atoms with E-state index < -0.39 is 0 Å². The first kappa shape index (κ1) is 11.9. The van der Waals surface area contributed by atoms with Crippen LogP contribution in [0.3, 0.4) is 0 Å². The van der Waals surface area contributed by atoms with Crippen LogP contribution in [0.5, 0.6) is 0 Å². The Labute approximate surface area is 112 Å². The van der Waals surface area contributed by atoms with Crippen LogP contribution >= 0.6 is 46.4 Å². The van der Waals surface area contributed by atoms with Gasteiger partial charge in [-0.25, -0.2) is 9.97 Å². The van der Waals surface area contributed by atoms with Gasteiger partial charge in [0, 0.05) is 23.5 Å². The third-order valence-electron chi connectivity index (χ3n) is 1.98. The van der Waals surface area contributed by atoms with Crippen LogP contribution in [0.1, 0.15) is 0 Å². The Hall–Kier alpha value is -0.540. The molecule has 2 nitrogen and oxygen atoms in total. The molecule has 0 aromatic carbocycles. The van der Waals surface area contributed by atoms with Crippen LogP contribution in [0, 0.1) is 0 Å². The molecule has 6 heteroatoms. The van der Waals surface area contributed by atoms with Crippen molar-refractivity contribution in [3.63, 3.8) is 0 Å². The summed E-state index contributed by atoms with van der Waals surface area (Å²) in [7, 11) is 0. The average molecular weight is 294 g/mol. The number of aromatic nitrogens is 2. The van der Waals surface area contributed by atoms with Crippen LogP contribution in [0.4, 0.5) is 0 Å². The van der Waals surface area contributed by atoms with Gasteiger partial charge in [0.1, 0.15) is 10.3 Å². The number of nitrogens with zero attached hydrogens (tertiary/aromatic N) is 2. The van der Waals surface area contributed by atoms with Crippen LogP contribution in [0.25, 0.3) is 11.1 Å². The lowest BCUT2D eigenvalue weighted by Crippen LogP contribution is -1.86. The normalized spacial score (nSPS) is 10.5. The standard InChI is InChI=1S/C10H4Cl4N2/c11-7-5(1-3-15-9(7)13)6-2-4-16-10(14)8(6)12/h1-4H. The number of hydrogen-bond donors (Lipinski definition) is 0. The van der Waals surface area contributed by atoms with E-state index in [0.717, 1.165) is 0 Å². The topological polar surface area (TPSA) is 25.8 Å². The smallest absolute Gasteiger partial charge is 0.148 e. The summed E-state index contributed by atoms with van der Waals surface area (Å²) in [6, 6.07) is 3.43. The molecule has 16 heavy (non-hydrogen) atoms. The zero-order valence-corrected chi connectivity index (χ0v) is 10.7. The summed E-state index contributed by atoms with van der Waals surface area (Å²) in [6.45, 7) is 0. The van der Waals surface area contributed by atoms with Crippen molar-refractivity contribution in [3.8, 4) is 11.1 Å². The molecule has 2 heterocycles. The van der Waals surface area contributed by atoms with Gasteiger partial charge in [-0.2, -0.15) is 0 Å². The Morgan fingerprint density at radius 3 is 1.44 bits per heavy atom. The molecule has 0 aliphatic heterocycles. The fraction of sp³-hybridized carbons (Fsp3) is 0. The summed E-state index contributed by atoms with van der Waals surface area (Å²) >= 11 is 23.7. The van der Waals surface area contributed by atoms with E-state index in [1.54, 1.807) is 24.5 Å².